The van der Waals surface area contributed by atoms with Crippen molar-refractivity contribution in [3.8, 4) is 16.9 Å². The van der Waals surface area contributed by atoms with Crippen molar-refractivity contribution in [3.05, 3.63) is 59.2 Å². The van der Waals surface area contributed by atoms with Crippen molar-refractivity contribution >= 4 is 17.3 Å². The Morgan fingerprint density at radius 2 is 1.88 bits per heavy atom. The lowest BCUT2D eigenvalue weighted by atomic mass is 9.93. The number of nitrogens with one attached hydrogen (secondary N) is 2. The van der Waals surface area contributed by atoms with Crippen LogP contribution in [0.4, 0.5) is 28.9 Å². The molecule has 228 valence electrons. The number of alkyl halides is 3. The number of hydrogen-bond donors (Lipinski definition) is 2. The number of benzene rings is 2. The van der Waals surface area contributed by atoms with Crippen molar-refractivity contribution in [2.24, 2.45) is 11.8 Å². The smallest absolute Gasteiger partial charge is 0.403 e. The fraction of sp³-hybridized carbons (Fsp3) is 0.484. The van der Waals surface area contributed by atoms with Gasteiger partial charge in [-0.15, -0.1) is 13.2 Å². The Labute approximate surface area is 242 Å². The average molecular weight is 592 g/mol. The number of anilines is 2. The number of aryl methyl sites for hydroxylation is 2. The fourth-order valence-corrected chi connectivity index (χ4v) is 5.37. The van der Waals surface area contributed by atoms with E-state index in [4.69, 9.17) is 9.26 Å². The van der Waals surface area contributed by atoms with Crippen molar-refractivity contribution in [1.29, 1.82) is 0 Å². The Hall–Kier alpha value is -3.60. The Kier molecular flexibility index (Phi) is 10.5. The molecule has 1 aromatic heterocycles. The summed E-state index contributed by atoms with van der Waals surface area (Å²) in [4.78, 5) is 13.6. The standard InChI is InChI=1S/C31H37F4N3O4/c1-4-5-24(16-22-6-9-28(25(32)17-22)41-31(33,34)35)30(39)37-27-18-23(29-19(2)38-42-20(29)3)7-8-26(27)36-13-10-21-11-14-40-15-12-21/h6-9,17-18,21,24,36H,4-5,10-16H2,1-3H3,(H,37,39). The zero-order valence-electron chi connectivity index (χ0n) is 24.1. The number of carbonyl (C=O) groups excluding carboxylic acids is 1. The summed E-state index contributed by atoms with van der Waals surface area (Å²) in [6.07, 6.45) is -0.631. The van der Waals surface area contributed by atoms with Crippen LogP contribution in [0.5, 0.6) is 5.75 Å². The topological polar surface area (TPSA) is 85.6 Å². The largest absolute Gasteiger partial charge is 0.573 e. The van der Waals surface area contributed by atoms with E-state index in [0.717, 1.165) is 73.7 Å². The predicted molar refractivity (Wildman–Crippen MR) is 152 cm³/mol. The van der Waals surface area contributed by atoms with Crippen LogP contribution in [0, 0.1) is 31.5 Å². The van der Waals surface area contributed by atoms with Crippen LogP contribution in [0.2, 0.25) is 0 Å². The highest BCUT2D eigenvalue weighted by atomic mass is 19.4. The van der Waals surface area contributed by atoms with Gasteiger partial charge in [0.1, 0.15) is 5.76 Å². The van der Waals surface area contributed by atoms with Crippen LogP contribution < -0.4 is 15.4 Å². The lowest BCUT2D eigenvalue weighted by Crippen LogP contribution is -2.25. The van der Waals surface area contributed by atoms with Crippen LogP contribution >= 0.6 is 0 Å². The number of aromatic nitrogens is 1. The Bertz CT molecular complexity index is 1330. The van der Waals surface area contributed by atoms with Gasteiger partial charge in [-0.2, -0.15) is 0 Å². The molecule has 2 heterocycles. The van der Waals surface area contributed by atoms with E-state index in [1.807, 2.05) is 39.0 Å². The summed E-state index contributed by atoms with van der Waals surface area (Å²) in [5.74, 6) is -1.61. The van der Waals surface area contributed by atoms with Crippen molar-refractivity contribution in [2.75, 3.05) is 30.4 Å². The molecule has 0 aliphatic carbocycles. The number of halogens is 4. The number of hydrogen-bond acceptors (Lipinski definition) is 6. The fourth-order valence-electron chi connectivity index (χ4n) is 5.37. The van der Waals surface area contributed by atoms with Gasteiger partial charge in [0.25, 0.3) is 0 Å². The van der Waals surface area contributed by atoms with Crippen molar-refractivity contribution in [2.45, 2.75) is 65.7 Å². The SMILES string of the molecule is CCCC(Cc1ccc(OC(F)(F)F)c(F)c1)C(=O)Nc1cc(-c2c(C)noc2C)ccc1NCCC1CCOCC1. The van der Waals surface area contributed by atoms with Crippen molar-refractivity contribution < 1.29 is 36.4 Å². The molecule has 3 aromatic rings. The molecule has 42 heavy (non-hydrogen) atoms. The zero-order valence-corrected chi connectivity index (χ0v) is 24.1. The molecule has 7 nitrogen and oxygen atoms in total. The first kappa shape index (κ1) is 31.3. The van der Waals surface area contributed by atoms with E-state index in [9.17, 15) is 22.4 Å². The van der Waals surface area contributed by atoms with E-state index in [1.165, 1.54) is 6.07 Å². The summed E-state index contributed by atoms with van der Waals surface area (Å²) >= 11 is 0. The van der Waals surface area contributed by atoms with Crippen LogP contribution in [-0.4, -0.2) is 37.2 Å². The molecule has 1 fully saturated rings. The van der Waals surface area contributed by atoms with Gasteiger partial charge in [-0.05, 0) is 87.3 Å². The summed E-state index contributed by atoms with van der Waals surface area (Å²) in [5.41, 5.74) is 4.17. The number of rotatable bonds is 12. The summed E-state index contributed by atoms with van der Waals surface area (Å²) in [6, 6.07) is 9.03. The molecule has 0 spiro atoms. The summed E-state index contributed by atoms with van der Waals surface area (Å²) in [5, 5.41) is 10.6. The van der Waals surface area contributed by atoms with E-state index in [1.54, 1.807) is 0 Å². The second kappa shape index (κ2) is 14.0. The first-order valence-electron chi connectivity index (χ1n) is 14.3. The van der Waals surface area contributed by atoms with Crippen LogP contribution in [0.1, 0.15) is 56.0 Å². The molecule has 4 rings (SSSR count). The molecule has 1 aliphatic rings. The first-order chi connectivity index (χ1) is 20.0. The van der Waals surface area contributed by atoms with Gasteiger partial charge in [0.05, 0.1) is 17.1 Å². The molecule has 1 aliphatic heterocycles. The van der Waals surface area contributed by atoms with Gasteiger partial charge in [0.15, 0.2) is 11.6 Å². The predicted octanol–water partition coefficient (Wildman–Crippen LogP) is 7.82. The minimum Gasteiger partial charge on any atom is -0.403 e. The van der Waals surface area contributed by atoms with Crippen LogP contribution in [0.3, 0.4) is 0 Å². The molecular weight excluding hydrogens is 554 g/mol. The lowest BCUT2D eigenvalue weighted by molar-refractivity contribution is -0.275. The molecule has 2 aromatic carbocycles. The molecule has 1 saturated heterocycles. The third-order valence-corrected chi connectivity index (χ3v) is 7.52. The average Bonchev–Trinajstić information content (AvgIpc) is 3.28. The highest BCUT2D eigenvalue weighted by molar-refractivity contribution is 5.97. The normalized spacial score (nSPS) is 14.9. The van der Waals surface area contributed by atoms with E-state index < -0.39 is 23.8 Å². The Morgan fingerprint density at radius 1 is 1.12 bits per heavy atom. The molecule has 1 atom stereocenters. The number of nitrogens with zero attached hydrogens (tertiary/aromatic N) is 1. The van der Waals surface area contributed by atoms with Crippen LogP contribution in [-0.2, 0) is 16.0 Å². The van der Waals surface area contributed by atoms with Gasteiger partial charge in [-0.1, -0.05) is 30.6 Å². The maximum absolute atomic E-state index is 14.4. The molecule has 1 unspecified atom stereocenters. The van der Waals surface area contributed by atoms with E-state index >= 15 is 0 Å². The lowest BCUT2D eigenvalue weighted by Gasteiger charge is -2.23. The van der Waals surface area contributed by atoms with Crippen LogP contribution in [0.25, 0.3) is 11.1 Å². The Balaban J connectivity index is 1.54. The second-order valence-electron chi connectivity index (χ2n) is 10.7. The van der Waals surface area contributed by atoms with Gasteiger partial charge in [0, 0.05) is 31.2 Å². The van der Waals surface area contributed by atoms with Crippen molar-refractivity contribution in [1.82, 2.24) is 5.16 Å². The van der Waals surface area contributed by atoms with Gasteiger partial charge < -0.3 is 24.6 Å². The van der Waals surface area contributed by atoms with Crippen molar-refractivity contribution in [3.63, 3.8) is 0 Å². The summed E-state index contributed by atoms with van der Waals surface area (Å²) in [7, 11) is 0. The molecule has 2 N–H and O–H groups in total. The minimum atomic E-state index is -5.00. The number of ether oxygens (including phenoxy) is 2. The molecule has 0 saturated carbocycles. The number of carbonyl (C=O) groups is 1. The molecule has 0 bridgehead atoms. The third kappa shape index (κ3) is 8.47. The van der Waals surface area contributed by atoms with Crippen LogP contribution in [0.15, 0.2) is 40.9 Å². The van der Waals surface area contributed by atoms with Gasteiger partial charge in [-0.3, -0.25) is 4.79 Å². The van der Waals surface area contributed by atoms with E-state index in [-0.39, 0.29) is 12.3 Å². The molecule has 1 amide bonds. The molecule has 0 radical (unpaired) electrons. The first-order valence-corrected chi connectivity index (χ1v) is 14.3. The maximum Gasteiger partial charge on any atom is 0.573 e. The van der Waals surface area contributed by atoms with Gasteiger partial charge in [0.2, 0.25) is 5.91 Å². The molecule has 11 heteroatoms. The Morgan fingerprint density at radius 3 is 2.52 bits per heavy atom. The quantitative estimate of drug-likeness (QED) is 0.209. The monoisotopic (exact) mass is 591 g/mol. The van der Waals surface area contributed by atoms with Gasteiger partial charge >= 0.3 is 6.36 Å². The van der Waals surface area contributed by atoms with E-state index in [2.05, 4.69) is 20.5 Å². The zero-order chi connectivity index (χ0) is 30.3. The highest BCUT2D eigenvalue weighted by Crippen LogP contribution is 2.34. The van der Waals surface area contributed by atoms with Gasteiger partial charge in [-0.25, -0.2) is 4.39 Å². The molecular formula is C31H37F4N3O4. The highest BCUT2D eigenvalue weighted by Gasteiger charge is 2.32. The number of amides is 1. The maximum atomic E-state index is 14.4. The summed E-state index contributed by atoms with van der Waals surface area (Å²) < 4.78 is 66.6. The second-order valence-corrected chi connectivity index (χ2v) is 10.7. The summed E-state index contributed by atoms with van der Waals surface area (Å²) in [6.45, 7) is 7.89. The minimum absolute atomic E-state index is 0.152. The van der Waals surface area contributed by atoms with E-state index in [0.29, 0.717) is 35.8 Å². The third-order valence-electron chi connectivity index (χ3n) is 7.52.